The number of hydrogen-bond donors (Lipinski definition) is 1. The lowest BCUT2D eigenvalue weighted by molar-refractivity contribution is -0.117. The maximum Gasteiger partial charge on any atom is 0.352 e. The van der Waals surface area contributed by atoms with Crippen molar-refractivity contribution in [2.24, 2.45) is 0 Å². The van der Waals surface area contributed by atoms with Crippen LogP contribution < -0.4 is 5.09 Å². The monoisotopic (exact) mass is 186 g/mol. The normalized spacial score (nSPS) is 21.6. The Kier molecular flexibility index (Phi) is 2.26. The average molecular weight is 186 g/mol. The number of nitrogens with one attached hydrogen (secondary N) is 1. The van der Waals surface area contributed by atoms with Crippen LogP contribution in [0.25, 0.3) is 0 Å². The summed E-state index contributed by atoms with van der Waals surface area (Å²) in [6, 6.07) is 0. The van der Waals surface area contributed by atoms with Gasteiger partial charge in [-0.1, -0.05) is 11.4 Å². The van der Waals surface area contributed by atoms with Crippen LogP contribution in [0.5, 0.6) is 0 Å². The van der Waals surface area contributed by atoms with Crippen LogP contribution in [0.15, 0.2) is 0 Å². The third-order valence-electron chi connectivity index (χ3n) is 0.719. The highest BCUT2D eigenvalue weighted by Crippen LogP contribution is 2.53. The van der Waals surface area contributed by atoms with Crippen molar-refractivity contribution >= 4 is 24.0 Å². The van der Waals surface area contributed by atoms with Gasteiger partial charge in [-0.15, -0.1) is 0 Å². The first-order valence-electron chi connectivity index (χ1n) is 3.79. The number of amides is 1. The van der Waals surface area contributed by atoms with E-state index in [2.05, 4.69) is 4.52 Å². The molecule has 0 aromatic rings. The number of rotatable bonds is 3. The maximum atomic E-state index is 11.4. The first-order chi connectivity index (χ1) is 5.75. The molecule has 6 heteroatoms. The van der Waals surface area contributed by atoms with Gasteiger partial charge in [-0.05, 0) is 6.26 Å². The molecule has 0 aliphatic rings. The molecule has 0 heterocycles. The van der Waals surface area contributed by atoms with Gasteiger partial charge in [-0.3, -0.25) is 14.4 Å². The molecule has 0 aromatic heterocycles. The van der Waals surface area contributed by atoms with Gasteiger partial charge < -0.3 is 4.52 Å². The highest BCUT2D eigenvalue weighted by Gasteiger charge is 2.20. The molecule has 0 radical (unpaired) electrons. The minimum atomic E-state index is -3.38. The quantitative estimate of drug-likeness (QED) is 0.674. The number of carbonyl (C=O) groups is 1. The molecule has 0 rings (SSSR count). The van der Waals surface area contributed by atoms with Crippen molar-refractivity contribution < 1.29 is 18.0 Å². The van der Waals surface area contributed by atoms with Crippen molar-refractivity contribution in [3.8, 4) is 0 Å². The van der Waals surface area contributed by atoms with Crippen molar-refractivity contribution in [1.29, 1.82) is 0 Å². The summed E-state index contributed by atoms with van der Waals surface area (Å²) >= 11 is 0.768. The molecule has 1 amide bonds. The summed E-state index contributed by atoms with van der Waals surface area (Å²) in [6.07, 6.45) is 1.45. The van der Waals surface area contributed by atoms with E-state index in [1.807, 2.05) is 5.09 Å². The van der Waals surface area contributed by atoms with Gasteiger partial charge in [0.05, 0.1) is 0 Å². The lowest BCUT2D eigenvalue weighted by Crippen LogP contribution is -2.15. The van der Waals surface area contributed by atoms with Crippen molar-refractivity contribution in [2.45, 2.75) is 6.85 Å². The van der Waals surface area contributed by atoms with Crippen LogP contribution in [0.1, 0.15) is 11.0 Å². The fraction of sp³-hybridized carbons (Fsp3) is 0.750. The Morgan fingerprint density at radius 1 is 1.90 bits per heavy atom. The lowest BCUT2D eigenvalue weighted by Gasteiger charge is -2.11. The summed E-state index contributed by atoms with van der Waals surface area (Å²) in [7, 11) is 1.14. The smallest absolute Gasteiger partial charge is 0.309 e. The zero-order valence-electron chi connectivity index (χ0n) is 8.58. The van der Waals surface area contributed by atoms with Crippen molar-refractivity contribution in [3.63, 3.8) is 0 Å². The topological polar surface area (TPSA) is 55.4 Å². The Hall–Kier alpha value is 0.01000. The first kappa shape index (κ1) is 5.63. The molecular formula is C4H10NO3PS. The highest BCUT2D eigenvalue weighted by molar-refractivity contribution is 8.55. The minimum absolute atomic E-state index is 0.768. The van der Waals surface area contributed by atoms with E-state index in [-0.39, 0.29) is 0 Å². The van der Waals surface area contributed by atoms with Gasteiger partial charge in [0, 0.05) is 18.1 Å². The fourth-order valence-corrected chi connectivity index (χ4v) is 1.84. The van der Waals surface area contributed by atoms with E-state index >= 15 is 0 Å². The first-order valence-corrected chi connectivity index (χ1v) is 5.75. The number of hydrogen-bond acceptors (Lipinski definition) is 4. The third kappa shape index (κ3) is 3.25. The molecule has 1 atom stereocenters. The van der Waals surface area contributed by atoms with Crippen LogP contribution in [-0.4, -0.2) is 19.3 Å². The predicted octanol–water partition coefficient (Wildman–Crippen LogP) is 1.24. The zero-order valence-corrected chi connectivity index (χ0v) is 7.29. The molecule has 0 bridgehead atoms. The van der Waals surface area contributed by atoms with E-state index in [4.69, 9.17) is 4.11 Å². The zero-order chi connectivity index (χ0) is 10.7. The summed E-state index contributed by atoms with van der Waals surface area (Å²) in [4.78, 5) is 10.9. The summed E-state index contributed by atoms with van der Waals surface area (Å²) in [5.41, 5.74) is 0. The number of carbonyl (C=O) groups excluding carboxylic acids is 1. The summed E-state index contributed by atoms with van der Waals surface area (Å²) in [6.45, 7) is -6.18. The van der Waals surface area contributed by atoms with Crippen LogP contribution in [-0.2, 0) is 13.9 Å². The van der Waals surface area contributed by atoms with Crippen LogP contribution >= 0.6 is 18.1 Å². The molecule has 60 valence electrons. The summed E-state index contributed by atoms with van der Waals surface area (Å²) < 4.78 is 36.0. The van der Waals surface area contributed by atoms with Gasteiger partial charge in [0.1, 0.15) is 0 Å². The molecule has 0 spiro atoms. The second kappa shape index (κ2) is 4.01. The highest BCUT2D eigenvalue weighted by atomic mass is 32.7. The van der Waals surface area contributed by atoms with Crippen LogP contribution in [0.3, 0.4) is 0 Å². The molecule has 1 N–H and O–H groups in total. The fourth-order valence-electron chi connectivity index (χ4n) is 0.290. The molecule has 0 aromatic carbocycles. The predicted molar refractivity (Wildman–Crippen MR) is 41.9 cm³/mol. The molecule has 0 saturated heterocycles. The van der Waals surface area contributed by atoms with Crippen LogP contribution in [0, 0.1) is 0 Å². The molecule has 0 aliphatic heterocycles. The maximum absolute atomic E-state index is 11.4. The molecule has 0 fully saturated rings. The Balaban J connectivity index is 4.45. The van der Waals surface area contributed by atoms with E-state index < -0.39 is 19.5 Å². The summed E-state index contributed by atoms with van der Waals surface area (Å²) in [5.74, 6) is -1.27. The molecule has 4 nitrogen and oxygen atoms in total. The van der Waals surface area contributed by atoms with E-state index in [0.29, 0.717) is 0 Å². The SMILES string of the molecule is [2H]C([2H])([2H])C(=O)NP(=O)(OC)SC. The van der Waals surface area contributed by atoms with E-state index in [1.165, 1.54) is 6.26 Å². The van der Waals surface area contributed by atoms with E-state index in [1.54, 1.807) is 0 Å². The molecule has 0 saturated carbocycles. The Morgan fingerprint density at radius 3 is 2.80 bits per heavy atom. The lowest BCUT2D eigenvalue weighted by atomic mass is 10.8. The van der Waals surface area contributed by atoms with Gasteiger partial charge in [-0.25, -0.2) is 0 Å². The van der Waals surface area contributed by atoms with Gasteiger partial charge in [0.2, 0.25) is 5.91 Å². The second-order valence-corrected chi connectivity index (χ2v) is 5.79. The van der Waals surface area contributed by atoms with Gasteiger partial charge in [0.15, 0.2) is 0 Å². The third-order valence-corrected chi connectivity index (χ3v) is 4.32. The Labute approximate surface area is 68.2 Å². The molecular weight excluding hydrogens is 173 g/mol. The van der Waals surface area contributed by atoms with Gasteiger partial charge >= 0.3 is 6.72 Å². The van der Waals surface area contributed by atoms with Crippen molar-refractivity contribution in [3.05, 3.63) is 0 Å². The largest absolute Gasteiger partial charge is 0.352 e. The van der Waals surface area contributed by atoms with Gasteiger partial charge in [-0.2, -0.15) is 0 Å². The summed E-state index contributed by atoms with van der Waals surface area (Å²) in [5, 5.41) is 1.83. The van der Waals surface area contributed by atoms with Crippen LogP contribution in [0.4, 0.5) is 0 Å². The van der Waals surface area contributed by atoms with E-state index in [9.17, 15) is 9.36 Å². The van der Waals surface area contributed by atoms with E-state index in [0.717, 1.165) is 18.5 Å². The average Bonchev–Trinajstić information content (AvgIpc) is 2.02. The van der Waals surface area contributed by atoms with Crippen molar-refractivity contribution in [2.75, 3.05) is 13.4 Å². The van der Waals surface area contributed by atoms with Crippen LogP contribution in [0.2, 0.25) is 0 Å². The minimum Gasteiger partial charge on any atom is -0.309 e. The Morgan fingerprint density at radius 2 is 2.50 bits per heavy atom. The molecule has 0 aliphatic carbocycles. The standard InChI is InChI=1S/C4H10NO3PS/c1-4(6)5-9(7,8-2)10-3/h1-3H3,(H,5,6,7)/i1D3. The Bertz CT molecular complexity index is 235. The van der Waals surface area contributed by atoms with Crippen molar-refractivity contribution in [1.82, 2.24) is 5.09 Å². The molecule has 10 heavy (non-hydrogen) atoms. The second-order valence-electron chi connectivity index (χ2n) is 1.30. The molecule has 1 unspecified atom stereocenters. The van der Waals surface area contributed by atoms with Gasteiger partial charge in [0.25, 0.3) is 0 Å².